The maximum absolute atomic E-state index is 12.5. The van der Waals surface area contributed by atoms with Crippen LogP contribution in [0.15, 0.2) is 53.4 Å². The summed E-state index contributed by atoms with van der Waals surface area (Å²) in [5.74, 6) is -0.0714. The van der Waals surface area contributed by atoms with Gasteiger partial charge in [0, 0.05) is 24.3 Å². The molecule has 1 fully saturated rings. The van der Waals surface area contributed by atoms with E-state index in [9.17, 15) is 13.2 Å². The van der Waals surface area contributed by atoms with Gasteiger partial charge in [0.15, 0.2) is 0 Å². The van der Waals surface area contributed by atoms with Crippen LogP contribution in [0.25, 0.3) is 0 Å². The van der Waals surface area contributed by atoms with E-state index in [2.05, 4.69) is 4.72 Å². The lowest BCUT2D eigenvalue weighted by Crippen LogP contribution is -2.40. The maximum Gasteiger partial charge on any atom is 0.261 e. The van der Waals surface area contributed by atoms with Crippen LogP contribution in [0.5, 0.6) is 0 Å². The number of hydrogen-bond acceptors (Lipinski definition) is 4. The average Bonchev–Trinajstić information content (AvgIpc) is 2.68. The molecule has 0 spiro atoms. The van der Waals surface area contributed by atoms with Gasteiger partial charge in [0.25, 0.3) is 15.9 Å². The van der Waals surface area contributed by atoms with Crippen molar-refractivity contribution in [3.05, 3.63) is 59.7 Å². The molecule has 1 heterocycles. The van der Waals surface area contributed by atoms with E-state index >= 15 is 0 Å². The van der Waals surface area contributed by atoms with Crippen molar-refractivity contribution in [2.75, 3.05) is 31.0 Å². The van der Waals surface area contributed by atoms with Crippen molar-refractivity contribution >= 4 is 21.6 Å². The second-order valence-electron chi connectivity index (χ2n) is 6.08. The minimum atomic E-state index is -3.65. The molecule has 3 rings (SSSR count). The summed E-state index contributed by atoms with van der Waals surface area (Å²) in [5.41, 5.74) is 2.03. The van der Waals surface area contributed by atoms with Gasteiger partial charge in [-0.2, -0.15) is 0 Å². The molecule has 1 aliphatic rings. The van der Waals surface area contributed by atoms with Crippen LogP contribution in [-0.2, 0) is 21.2 Å². The van der Waals surface area contributed by atoms with Crippen molar-refractivity contribution < 1.29 is 17.9 Å². The zero-order valence-electron chi connectivity index (χ0n) is 14.6. The molecule has 0 saturated carbocycles. The number of carbonyl (C=O) groups is 1. The van der Waals surface area contributed by atoms with Crippen LogP contribution in [0.1, 0.15) is 22.8 Å². The number of morpholine rings is 1. The number of benzene rings is 2. The normalized spacial score (nSPS) is 14.9. The summed E-state index contributed by atoms with van der Waals surface area (Å²) in [6, 6.07) is 13.3. The van der Waals surface area contributed by atoms with Gasteiger partial charge in [-0.3, -0.25) is 9.52 Å². The first-order chi connectivity index (χ1) is 12.5. The molecule has 0 atom stereocenters. The number of amides is 1. The highest BCUT2D eigenvalue weighted by Gasteiger charge is 2.19. The fourth-order valence-corrected chi connectivity index (χ4v) is 3.81. The molecule has 0 bridgehead atoms. The summed E-state index contributed by atoms with van der Waals surface area (Å²) in [4.78, 5) is 14.4. The Labute approximate surface area is 153 Å². The second-order valence-corrected chi connectivity index (χ2v) is 7.77. The molecule has 0 aliphatic carbocycles. The molecule has 2 aromatic carbocycles. The van der Waals surface area contributed by atoms with Gasteiger partial charge in [-0.15, -0.1) is 0 Å². The fraction of sp³-hybridized carbons (Fsp3) is 0.316. The van der Waals surface area contributed by atoms with Crippen molar-refractivity contribution in [3.8, 4) is 0 Å². The monoisotopic (exact) mass is 374 g/mol. The molecule has 1 N–H and O–H groups in total. The summed E-state index contributed by atoms with van der Waals surface area (Å²) < 4.78 is 32.7. The van der Waals surface area contributed by atoms with Crippen LogP contribution in [0, 0.1) is 0 Å². The first-order valence-corrected chi connectivity index (χ1v) is 10.1. The minimum absolute atomic E-state index is 0.0714. The van der Waals surface area contributed by atoms with Crippen LogP contribution in [0.3, 0.4) is 0 Å². The lowest BCUT2D eigenvalue weighted by Gasteiger charge is -2.26. The van der Waals surface area contributed by atoms with E-state index in [1.54, 1.807) is 53.4 Å². The third kappa shape index (κ3) is 4.23. The van der Waals surface area contributed by atoms with Crippen LogP contribution in [-0.4, -0.2) is 45.5 Å². The number of hydrogen-bond donors (Lipinski definition) is 1. The Bertz CT molecular complexity index is 855. The highest BCUT2D eigenvalue weighted by Crippen LogP contribution is 2.18. The number of sulfonamides is 1. The summed E-state index contributed by atoms with van der Waals surface area (Å²) in [6.07, 6.45) is 0.854. The Morgan fingerprint density at radius 1 is 1.04 bits per heavy atom. The molecule has 1 amide bonds. The first-order valence-electron chi connectivity index (χ1n) is 8.58. The summed E-state index contributed by atoms with van der Waals surface area (Å²) >= 11 is 0. The Morgan fingerprint density at radius 2 is 1.65 bits per heavy atom. The number of ether oxygens (including phenoxy) is 1. The smallest absolute Gasteiger partial charge is 0.261 e. The van der Waals surface area contributed by atoms with E-state index in [1.165, 1.54) is 0 Å². The Kier molecular flexibility index (Phi) is 5.58. The molecule has 0 radical (unpaired) electrons. The van der Waals surface area contributed by atoms with Crippen molar-refractivity contribution in [2.24, 2.45) is 0 Å². The van der Waals surface area contributed by atoms with E-state index in [0.717, 1.165) is 12.0 Å². The molecule has 1 saturated heterocycles. The highest BCUT2D eigenvalue weighted by molar-refractivity contribution is 7.92. The van der Waals surface area contributed by atoms with Gasteiger partial charge in [0.05, 0.1) is 18.1 Å². The Hall–Kier alpha value is -2.38. The van der Waals surface area contributed by atoms with Crippen LogP contribution >= 0.6 is 0 Å². The Morgan fingerprint density at radius 3 is 2.23 bits per heavy atom. The maximum atomic E-state index is 12.5. The third-order valence-corrected chi connectivity index (χ3v) is 5.72. The fourth-order valence-electron chi connectivity index (χ4n) is 2.75. The molecule has 2 aromatic rings. The van der Waals surface area contributed by atoms with Crippen LogP contribution in [0.4, 0.5) is 5.69 Å². The van der Waals surface area contributed by atoms with E-state index < -0.39 is 10.0 Å². The molecular formula is C19H22N2O4S. The molecule has 1 aliphatic heterocycles. The quantitative estimate of drug-likeness (QED) is 0.873. The van der Waals surface area contributed by atoms with Crippen molar-refractivity contribution in [1.29, 1.82) is 0 Å². The molecule has 138 valence electrons. The number of rotatable bonds is 5. The zero-order chi connectivity index (χ0) is 18.6. The van der Waals surface area contributed by atoms with E-state index in [4.69, 9.17) is 4.74 Å². The van der Waals surface area contributed by atoms with Gasteiger partial charge < -0.3 is 9.64 Å². The van der Waals surface area contributed by atoms with Crippen LogP contribution < -0.4 is 4.72 Å². The highest BCUT2D eigenvalue weighted by atomic mass is 32.2. The molecular weight excluding hydrogens is 352 g/mol. The van der Waals surface area contributed by atoms with Gasteiger partial charge in [-0.1, -0.05) is 19.1 Å². The minimum Gasteiger partial charge on any atom is -0.378 e. The third-order valence-electron chi connectivity index (χ3n) is 4.32. The standard InChI is InChI=1S/C19H22N2O4S/c1-2-15-3-9-18(10-4-15)26(23,24)20-17-7-5-16(6-8-17)19(22)21-11-13-25-14-12-21/h3-10,20H,2,11-14H2,1H3. The van der Waals surface area contributed by atoms with Gasteiger partial charge in [0.1, 0.15) is 0 Å². The predicted molar refractivity (Wildman–Crippen MR) is 99.8 cm³/mol. The molecule has 0 aromatic heterocycles. The molecule has 0 unspecified atom stereocenters. The number of nitrogens with one attached hydrogen (secondary N) is 1. The van der Waals surface area contributed by atoms with E-state index in [0.29, 0.717) is 37.6 Å². The Balaban J connectivity index is 1.70. The first kappa shape index (κ1) is 18.4. The molecule has 26 heavy (non-hydrogen) atoms. The lowest BCUT2D eigenvalue weighted by molar-refractivity contribution is 0.0303. The van der Waals surface area contributed by atoms with Gasteiger partial charge in [-0.05, 0) is 48.4 Å². The summed E-state index contributed by atoms with van der Waals surface area (Å²) in [7, 11) is -3.65. The van der Waals surface area contributed by atoms with Crippen molar-refractivity contribution in [1.82, 2.24) is 4.90 Å². The van der Waals surface area contributed by atoms with Gasteiger partial charge in [0.2, 0.25) is 0 Å². The van der Waals surface area contributed by atoms with Crippen molar-refractivity contribution in [2.45, 2.75) is 18.2 Å². The second kappa shape index (κ2) is 7.88. The lowest BCUT2D eigenvalue weighted by atomic mass is 10.2. The topological polar surface area (TPSA) is 75.7 Å². The average molecular weight is 374 g/mol. The summed E-state index contributed by atoms with van der Waals surface area (Å²) in [6.45, 7) is 4.24. The largest absolute Gasteiger partial charge is 0.378 e. The summed E-state index contributed by atoms with van der Waals surface area (Å²) in [5, 5.41) is 0. The van der Waals surface area contributed by atoms with Gasteiger partial charge >= 0.3 is 0 Å². The SMILES string of the molecule is CCc1ccc(S(=O)(=O)Nc2ccc(C(=O)N3CCOCC3)cc2)cc1. The number of nitrogens with zero attached hydrogens (tertiary/aromatic N) is 1. The molecule has 7 heteroatoms. The predicted octanol–water partition coefficient (Wildman–Crippen LogP) is 2.52. The number of anilines is 1. The van der Waals surface area contributed by atoms with Crippen molar-refractivity contribution in [3.63, 3.8) is 0 Å². The zero-order valence-corrected chi connectivity index (χ0v) is 15.5. The number of carbonyl (C=O) groups excluding carboxylic acids is 1. The van der Waals surface area contributed by atoms with E-state index in [-0.39, 0.29) is 10.8 Å². The van der Waals surface area contributed by atoms with Crippen LogP contribution in [0.2, 0.25) is 0 Å². The molecule has 6 nitrogen and oxygen atoms in total. The van der Waals surface area contributed by atoms with E-state index in [1.807, 2.05) is 6.92 Å². The van der Waals surface area contributed by atoms with Gasteiger partial charge in [-0.25, -0.2) is 8.42 Å². The number of aryl methyl sites for hydroxylation is 1.